The fraction of sp³-hybridized carbons (Fsp3) is 0.467. The smallest absolute Gasteiger partial charge is 0.454 e. The Morgan fingerprint density at radius 2 is 1.67 bits per heavy atom. The summed E-state index contributed by atoms with van der Waals surface area (Å²) in [5.74, 6) is -4.55. The van der Waals surface area contributed by atoms with E-state index in [1.807, 2.05) is 11.0 Å². The normalized spacial score (nSPS) is 19.8. The Bertz CT molecular complexity index is 1380. The number of carbonyl (C=O) groups excluding carboxylic acids is 2. The Hall–Kier alpha value is -2.89. The maximum absolute atomic E-state index is 13.4. The summed E-state index contributed by atoms with van der Waals surface area (Å²) in [6, 6.07) is 6.46. The standard InChI is InChI=1S/C30H30Cl2F5N3O3/c31-20-13-23(32)27-24(14-20)38-17-29(27)5-9-39(10-6-29)16-25(43-28(42)30(35,36)37)19-3-7-40(8-4-19)26(41)2-1-18-11-21(33)15-22(34)12-18/h1-2,11-15,19,25,38H,3-10,16-17H2. The second-order valence-electron chi connectivity index (χ2n) is 11.4. The molecule has 1 N–H and O–H groups in total. The van der Waals surface area contributed by atoms with Crippen LogP contribution >= 0.6 is 23.2 Å². The van der Waals surface area contributed by atoms with Crippen LogP contribution in [-0.2, 0) is 19.7 Å². The van der Waals surface area contributed by atoms with Crippen molar-refractivity contribution in [2.45, 2.75) is 43.4 Å². The van der Waals surface area contributed by atoms with Crippen molar-refractivity contribution >= 4 is 46.8 Å². The van der Waals surface area contributed by atoms with E-state index >= 15 is 0 Å². The van der Waals surface area contributed by atoms with Gasteiger partial charge in [-0.25, -0.2) is 13.6 Å². The van der Waals surface area contributed by atoms with E-state index in [-0.39, 0.29) is 30.6 Å². The average Bonchev–Trinajstić information content (AvgIpc) is 3.29. The second-order valence-corrected chi connectivity index (χ2v) is 12.2. The molecule has 13 heteroatoms. The third-order valence-corrected chi connectivity index (χ3v) is 9.14. The number of rotatable bonds is 6. The van der Waals surface area contributed by atoms with Gasteiger partial charge in [0.2, 0.25) is 5.91 Å². The minimum absolute atomic E-state index is 0.135. The number of esters is 1. The largest absolute Gasteiger partial charge is 0.490 e. The van der Waals surface area contributed by atoms with Gasteiger partial charge in [0.15, 0.2) is 0 Å². The summed E-state index contributed by atoms with van der Waals surface area (Å²) in [6.45, 7) is 2.43. The first-order chi connectivity index (χ1) is 20.3. The van der Waals surface area contributed by atoms with Gasteiger partial charge in [0, 0.05) is 71.0 Å². The molecule has 1 amide bonds. The molecule has 2 aromatic rings. The zero-order valence-corrected chi connectivity index (χ0v) is 24.5. The molecule has 5 rings (SSSR count). The highest BCUT2D eigenvalue weighted by Crippen LogP contribution is 2.48. The molecule has 0 aromatic heterocycles. The Morgan fingerprint density at radius 3 is 2.30 bits per heavy atom. The number of anilines is 1. The van der Waals surface area contributed by atoms with Crippen LogP contribution in [0.4, 0.5) is 27.6 Å². The number of alkyl halides is 3. The molecule has 6 nitrogen and oxygen atoms in total. The third kappa shape index (κ3) is 7.26. The lowest BCUT2D eigenvalue weighted by atomic mass is 9.74. The molecule has 43 heavy (non-hydrogen) atoms. The van der Waals surface area contributed by atoms with Crippen LogP contribution in [0.3, 0.4) is 0 Å². The van der Waals surface area contributed by atoms with Gasteiger partial charge in [0.05, 0.1) is 0 Å². The van der Waals surface area contributed by atoms with E-state index in [1.54, 1.807) is 6.07 Å². The van der Waals surface area contributed by atoms with Gasteiger partial charge in [-0.2, -0.15) is 13.2 Å². The minimum Gasteiger partial charge on any atom is -0.454 e. The molecule has 2 aromatic carbocycles. The molecule has 1 spiro atoms. The van der Waals surface area contributed by atoms with Crippen molar-refractivity contribution in [3.63, 3.8) is 0 Å². The van der Waals surface area contributed by atoms with E-state index in [2.05, 4.69) is 5.32 Å². The van der Waals surface area contributed by atoms with Gasteiger partial charge < -0.3 is 15.0 Å². The van der Waals surface area contributed by atoms with Crippen LogP contribution in [0.5, 0.6) is 0 Å². The predicted molar refractivity (Wildman–Crippen MR) is 153 cm³/mol. The Labute approximate surface area is 255 Å². The summed E-state index contributed by atoms with van der Waals surface area (Å²) in [7, 11) is 0. The molecule has 0 saturated carbocycles. The number of ether oxygens (including phenoxy) is 1. The van der Waals surface area contributed by atoms with Gasteiger partial charge in [-0.05, 0) is 74.7 Å². The Balaban J connectivity index is 1.21. The molecule has 1 atom stereocenters. The first-order valence-electron chi connectivity index (χ1n) is 14.0. The summed E-state index contributed by atoms with van der Waals surface area (Å²) in [6.07, 6.45) is -1.55. The number of piperidine rings is 2. The number of carbonyl (C=O) groups is 2. The molecular weight excluding hydrogens is 616 g/mol. The molecular formula is C30H30Cl2F5N3O3. The van der Waals surface area contributed by atoms with Gasteiger partial charge in [-0.1, -0.05) is 23.2 Å². The van der Waals surface area contributed by atoms with Gasteiger partial charge in [0.1, 0.15) is 17.7 Å². The van der Waals surface area contributed by atoms with Crippen LogP contribution in [0, 0.1) is 17.6 Å². The van der Waals surface area contributed by atoms with E-state index in [4.69, 9.17) is 27.9 Å². The highest BCUT2D eigenvalue weighted by molar-refractivity contribution is 6.35. The number of nitrogens with one attached hydrogen (secondary N) is 1. The van der Waals surface area contributed by atoms with Crippen LogP contribution < -0.4 is 5.32 Å². The number of hydrogen-bond acceptors (Lipinski definition) is 5. The molecule has 3 aliphatic rings. The average molecular weight is 646 g/mol. The van der Waals surface area contributed by atoms with E-state index in [0.29, 0.717) is 55.4 Å². The summed E-state index contributed by atoms with van der Waals surface area (Å²) in [5, 5.41) is 4.49. The number of fused-ring (bicyclic) bond motifs is 2. The molecule has 3 heterocycles. The maximum atomic E-state index is 13.4. The van der Waals surface area contributed by atoms with Gasteiger partial charge in [-0.3, -0.25) is 9.69 Å². The molecule has 0 radical (unpaired) electrons. The summed E-state index contributed by atoms with van der Waals surface area (Å²) < 4.78 is 71.4. The van der Waals surface area contributed by atoms with Crippen molar-refractivity contribution < 1.29 is 36.3 Å². The summed E-state index contributed by atoms with van der Waals surface area (Å²) in [4.78, 5) is 28.1. The van der Waals surface area contributed by atoms with Gasteiger partial charge in [0.25, 0.3) is 0 Å². The van der Waals surface area contributed by atoms with Crippen molar-refractivity contribution in [3.8, 4) is 0 Å². The Kier molecular flexibility index (Phi) is 9.25. The highest BCUT2D eigenvalue weighted by Gasteiger charge is 2.46. The molecule has 2 fully saturated rings. The quantitative estimate of drug-likeness (QED) is 0.222. The van der Waals surface area contributed by atoms with Crippen molar-refractivity contribution in [3.05, 3.63) is 69.2 Å². The zero-order chi connectivity index (χ0) is 30.9. The molecule has 3 aliphatic heterocycles. The first kappa shape index (κ1) is 31.5. The second kappa shape index (κ2) is 12.6. The maximum Gasteiger partial charge on any atom is 0.490 e. The van der Waals surface area contributed by atoms with E-state index in [9.17, 15) is 31.5 Å². The fourth-order valence-corrected chi connectivity index (χ4v) is 7.07. The zero-order valence-electron chi connectivity index (χ0n) is 23.0. The number of likely N-dealkylation sites (tertiary alicyclic amines) is 2. The lowest BCUT2D eigenvalue weighted by Gasteiger charge is -2.42. The number of amides is 1. The number of halogens is 7. The van der Waals surface area contributed by atoms with Crippen molar-refractivity contribution in [2.24, 2.45) is 5.92 Å². The molecule has 0 bridgehead atoms. The van der Waals surface area contributed by atoms with Crippen LogP contribution in [0.25, 0.3) is 6.08 Å². The van der Waals surface area contributed by atoms with Crippen LogP contribution in [0.15, 0.2) is 36.4 Å². The van der Waals surface area contributed by atoms with Crippen molar-refractivity contribution in [2.75, 3.05) is 44.6 Å². The third-order valence-electron chi connectivity index (χ3n) is 8.62. The number of benzene rings is 2. The van der Waals surface area contributed by atoms with Crippen LogP contribution in [0.1, 0.15) is 36.8 Å². The molecule has 2 saturated heterocycles. The first-order valence-corrected chi connectivity index (χ1v) is 14.8. The van der Waals surface area contributed by atoms with E-state index < -0.39 is 41.7 Å². The van der Waals surface area contributed by atoms with Crippen LogP contribution in [0.2, 0.25) is 10.0 Å². The van der Waals surface area contributed by atoms with Gasteiger partial charge in [-0.15, -0.1) is 0 Å². The fourth-order valence-electron chi connectivity index (χ4n) is 6.37. The molecule has 1 unspecified atom stereocenters. The minimum atomic E-state index is -5.13. The topological polar surface area (TPSA) is 61.9 Å². The highest BCUT2D eigenvalue weighted by atomic mass is 35.5. The van der Waals surface area contributed by atoms with E-state index in [1.165, 1.54) is 17.1 Å². The van der Waals surface area contributed by atoms with Crippen molar-refractivity contribution in [1.82, 2.24) is 9.80 Å². The summed E-state index contributed by atoms with van der Waals surface area (Å²) in [5.41, 5.74) is 1.86. The SMILES string of the molecule is O=C(C=Cc1cc(F)cc(F)c1)N1CCC(C(CN2CCC3(CC2)CNc2cc(Cl)cc(Cl)c23)OC(=O)C(F)(F)F)CC1. The number of hydrogen-bond donors (Lipinski definition) is 1. The molecule has 232 valence electrons. The monoisotopic (exact) mass is 645 g/mol. The van der Waals surface area contributed by atoms with Crippen molar-refractivity contribution in [1.29, 1.82) is 0 Å². The van der Waals surface area contributed by atoms with Crippen LogP contribution in [-0.4, -0.2) is 73.2 Å². The lowest BCUT2D eigenvalue weighted by Crippen LogP contribution is -2.50. The summed E-state index contributed by atoms with van der Waals surface area (Å²) >= 11 is 12.7. The van der Waals surface area contributed by atoms with E-state index in [0.717, 1.165) is 29.4 Å². The molecule has 0 aliphatic carbocycles. The van der Waals surface area contributed by atoms with Gasteiger partial charge >= 0.3 is 12.1 Å². The Morgan fingerprint density at radius 1 is 1.02 bits per heavy atom. The lowest BCUT2D eigenvalue weighted by molar-refractivity contribution is -0.208. The predicted octanol–water partition coefficient (Wildman–Crippen LogP) is 6.46. The number of nitrogens with zero attached hydrogens (tertiary/aromatic N) is 2.